The second kappa shape index (κ2) is 7.98. The molecule has 25 heavy (non-hydrogen) atoms. The van der Waals surface area contributed by atoms with E-state index in [2.05, 4.69) is 6.58 Å². The number of benzene rings is 2. The molecule has 0 bridgehead atoms. The Hall–Kier alpha value is -2.60. The highest BCUT2D eigenvalue weighted by Gasteiger charge is 2.14. The second-order valence-electron chi connectivity index (χ2n) is 5.70. The van der Waals surface area contributed by atoms with E-state index in [9.17, 15) is 13.2 Å². The van der Waals surface area contributed by atoms with Crippen LogP contribution in [-0.4, -0.2) is 39.1 Å². The average molecular weight is 359 g/mol. The van der Waals surface area contributed by atoms with E-state index in [0.29, 0.717) is 18.7 Å². The van der Waals surface area contributed by atoms with Crippen LogP contribution in [0.3, 0.4) is 0 Å². The number of sulfone groups is 1. The van der Waals surface area contributed by atoms with Gasteiger partial charge >= 0.3 is 0 Å². The van der Waals surface area contributed by atoms with Crippen molar-refractivity contribution in [3.8, 4) is 5.75 Å². The Labute approximate surface area is 148 Å². The third kappa shape index (κ3) is 5.19. The van der Waals surface area contributed by atoms with Gasteiger partial charge in [0, 0.05) is 25.4 Å². The van der Waals surface area contributed by atoms with Gasteiger partial charge in [0.2, 0.25) is 0 Å². The van der Waals surface area contributed by atoms with E-state index in [1.54, 1.807) is 18.0 Å². The van der Waals surface area contributed by atoms with Gasteiger partial charge in [-0.3, -0.25) is 4.79 Å². The molecule has 0 spiro atoms. The van der Waals surface area contributed by atoms with Crippen LogP contribution in [0, 0.1) is 0 Å². The van der Waals surface area contributed by atoms with Crippen LogP contribution in [0.4, 0.5) is 0 Å². The van der Waals surface area contributed by atoms with Crippen LogP contribution in [0.2, 0.25) is 0 Å². The van der Waals surface area contributed by atoms with Crippen molar-refractivity contribution in [3.63, 3.8) is 0 Å². The number of hydrogen-bond acceptors (Lipinski definition) is 4. The molecular weight excluding hydrogens is 338 g/mol. The molecule has 0 aliphatic heterocycles. The molecule has 0 unspecified atom stereocenters. The first-order chi connectivity index (χ1) is 11.8. The first-order valence-electron chi connectivity index (χ1n) is 7.69. The second-order valence-corrected chi connectivity index (χ2v) is 7.72. The number of ether oxygens (including phenoxy) is 1. The third-order valence-electron chi connectivity index (χ3n) is 3.59. The number of rotatable bonds is 7. The fraction of sp³-hybridized carbons (Fsp3) is 0.211. The van der Waals surface area contributed by atoms with E-state index in [1.165, 1.54) is 24.3 Å². The van der Waals surface area contributed by atoms with Gasteiger partial charge in [-0.25, -0.2) is 8.42 Å². The maximum Gasteiger partial charge on any atom is 0.253 e. The van der Waals surface area contributed by atoms with Crippen molar-refractivity contribution < 1.29 is 17.9 Å². The molecule has 0 aromatic heterocycles. The zero-order valence-electron chi connectivity index (χ0n) is 14.3. The van der Waals surface area contributed by atoms with Crippen molar-refractivity contribution in [3.05, 3.63) is 72.3 Å². The summed E-state index contributed by atoms with van der Waals surface area (Å²) < 4.78 is 28.4. The number of hydrogen-bond donors (Lipinski definition) is 0. The Morgan fingerprint density at radius 2 is 1.72 bits per heavy atom. The highest BCUT2D eigenvalue weighted by Crippen LogP contribution is 2.16. The molecule has 0 saturated carbocycles. The molecule has 1 amide bonds. The number of carbonyl (C=O) groups excluding carboxylic acids is 1. The third-order valence-corrected chi connectivity index (χ3v) is 4.72. The lowest BCUT2D eigenvalue weighted by Crippen LogP contribution is -2.26. The van der Waals surface area contributed by atoms with Crippen molar-refractivity contribution in [1.82, 2.24) is 4.90 Å². The van der Waals surface area contributed by atoms with Crippen molar-refractivity contribution in [1.29, 1.82) is 0 Å². The molecule has 2 rings (SSSR count). The van der Waals surface area contributed by atoms with Crippen molar-refractivity contribution in [2.24, 2.45) is 0 Å². The Morgan fingerprint density at radius 1 is 1.12 bits per heavy atom. The molecule has 0 atom stereocenters. The van der Waals surface area contributed by atoms with Crippen LogP contribution in [-0.2, 0) is 16.4 Å². The minimum Gasteiger partial charge on any atom is -0.490 e. The monoisotopic (exact) mass is 359 g/mol. The van der Waals surface area contributed by atoms with Gasteiger partial charge in [0.15, 0.2) is 9.84 Å². The lowest BCUT2D eigenvalue weighted by molar-refractivity contribution is 0.0785. The first-order valence-corrected chi connectivity index (χ1v) is 9.58. The molecule has 0 N–H and O–H groups in total. The van der Waals surface area contributed by atoms with Crippen LogP contribution < -0.4 is 4.74 Å². The van der Waals surface area contributed by atoms with Gasteiger partial charge in [0.05, 0.1) is 4.90 Å². The van der Waals surface area contributed by atoms with Gasteiger partial charge in [0.1, 0.15) is 12.4 Å². The van der Waals surface area contributed by atoms with Crippen LogP contribution >= 0.6 is 0 Å². The maximum atomic E-state index is 12.5. The molecular formula is C19H21NO4S. The number of amides is 1. The standard InChI is InChI=1S/C19H21NO4S/c1-4-13-24-17-9-5-15(6-10-17)14-20(2)19(21)16-7-11-18(12-8-16)25(3,22)23/h4-12H,1,13-14H2,2-3H3. The fourth-order valence-corrected chi connectivity index (χ4v) is 2.89. The van der Waals surface area contributed by atoms with Crippen molar-refractivity contribution in [2.75, 3.05) is 19.9 Å². The molecule has 0 heterocycles. The molecule has 0 radical (unpaired) electrons. The van der Waals surface area contributed by atoms with Crippen LogP contribution in [0.25, 0.3) is 0 Å². The molecule has 2 aromatic carbocycles. The molecule has 6 heteroatoms. The predicted molar refractivity (Wildman–Crippen MR) is 97.5 cm³/mol. The quantitative estimate of drug-likeness (QED) is 0.713. The molecule has 0 aliphatic rings. The number of carbonyl (C=O) groups is 1. The van der Waals surface area contributed by atoms with Crippen LogP contribution in [0.15, 0.2) is 66.1 Å². The zero-order chi connectivity index (χ0) is 18.4. The summed E-state index contributed by atoms with van der Waals surface area (Å²) in [7, 11) is -1.56. The molecule has 0 saturated heterocycles. The first kappa shape index (κ1) is 18.7. The minimum atomic E-state index is -3.27. The molecule has 132 valence electrons. The highest BCUT2D eigenvalue weighted by molar-refractivity contribution is 7.90. The summed E-state index contributed by atoms with van der Waals surface area (Å²) in [5, 5.41) is 0. The van der Waals surface area contributed by atoms with Gasteiger partial charge in [-0.15, -0.1) is 0 Å². The Morgan fingerprint density at radius 3 is 2.24 bits per heavy atom. The fourth-order valence-electron chi connectivity index (χ4n) is 2.26. The Bertz CT molecular complexity index is 840. The minimum absolute atomic E-state index is 0.174. The summed E-state index contributed by atoms with van der Waals surface area (Å²) in [5.74, 6) is 0.570. The molecule has 0 fully saturated rings. The zero-order valence-corrected chi connectivity index (χ0v) is 15.1. The molecule has 2 aromatic rings. The summed E-state index contributed by atoms with van der Waals surface area (Å²) >= 11 is 0. The normalized spacial score (nSPS) is 11.0. The van der Waals surface area contributed by atoms with E-state index in [4.69, 9.17) is 4.74 Å². The van der Waals surface area contributed by atoms with Crippen LogP contribution in [0.1, 0.15) is 15.9 Å². The van der Waals surface area contributed by atoms with Gasteiger partial charge < -0.3 is 9.64 Å². The van der Waals surface area contributed by atoms with Gasteiger partial charge in [-0.2, -0.15) is 0 Å². The highest BCUT2D eigenvalue weighted by atomic mass is 32.2. The van der Waals surface area contributed by atoms with Crippen molar-refractivity contribution in [2.45, 2.75) is 11.4 Å². The average Bonchev–Trinajstić information content (AvgIpc) is 2.60. The van der Waals surface area contributed by atoms with Crippen molar-refractivity contribution >= 4 is 15.7 Å². The van der Waals surface area contributed by atoms with Gasteiger partial charge in [0.25, 0.3) is 5.91 Å². The Balaban J connectivity index is 2.03. The smallest absolute Gasteiger partial charge is 0.253 e. The summed E-state index contributed by atoms with van der Waals surface area (Å²) in [6.45, 7) is 4.48. The largest absolute Gasteiger partial charge is 0.490 e. The Kier molecular flexibility index (Phi) is 5.98. The summed E-state index contributed by atoms with van der Waals surface area (Å²) in [6.07, 6.45) is 2.81. The SMILES string of the molecule is C=CCOc1ccc(CN(C)C(=O)c2ccc(S(C)(=O)=O)cc2)cc1. The van der Waals surface area contributed by atoms with E-state index in [-0.39, 0.29) is 10.8 Å². The summed E-state index contributed by atoms with van der Waals surface area (Å²) in [4.78, 5) is 14.2. The molecule has 5 nitrogen and oxygen atoms in total. The van der Waals surface area contributed by atoms with Gasteiger partial charge in [-0.05, 0) is 42.0 Å². The van der Waals surface area contributed by atoms with E-state index >= 15 is 0 Å². The van der Waals surface area contributed by atoms with E-state index in [1.807, 2.05) is 24.3 Å². The van der Waals surface area contributed by atoms with E-state index < -0.39 is 9.84 Å². The van der Waals surface area contributed by atoms with Crippen LogP contribution in [0.5, 0.6) is 5.75 Å². The lowest BCUT2D eigenvalue weighted by Gasteiger charge is -2.18. The van der Waals surface area contributed by atoms with Gasteiger partial charge in [-0.1, -0.05) is 24.8 Å². The topological polar surface area (TPSA) is 63.7 Å². The number of nitrogens with zero attached hydrogens (tertiary/aromatic N) is 1. The lowest BCUT2D eigenvalue weighted by atomic mass is 10.1. The summed E-state index contributed by atoms with van der Waals surface area (Å²) in [6, 6.07) is 13.4. The molecule has 0 aliphatic carbocycles. The predicted octanol–water partition coefficient (Wildman–Crippen LogP) is 2.93. The van der Waals surface area contributed by atoms with E-state index in [0.717, 1.165) is 17.6 Å². The summed E-state index contributed by atoms with van der Waals surface area (Å²) in [5.41, 5.74) is 1.41. The maximum absolute atomic E-state index is 12.5.